The summed E-state index contributed by atoms with van der Waals surface area (Å²) in [6.07, 6.45) is 1.66. The van der Waals surface area contributed by atoms with Crippen LogP contribution in [-0.4, -0.2) is 31.8 Å². The molecule has 6 heteroatoms. The maximum absolute atomic E-state index is 11.0. The normalized spacial score (nSPS) is 15.6. The first-order valence-electron chi connectivity index (χ1n) is 4.23. The van der Waals surface area contributed by atoms with Gasteiger partial charge in [-0.15, -0.1) is 0 Å². The molecule has 0 amide bonds. The molecule has 0 saturated carbocycles. The minimum absolute atomic E-state index is 0.0659. The van der Waals surface area contributed by atoms with Crippen LogP contribution in [-0.2, 0) is 18.3 Å². The average Bonchev–Trinajstić information content (AvgIpc) is 2.05. The molecule has 0 saturated heterocycles. The summed E-state index contributed by atoms with van der Waals surface area (Å²) < 4.78 is 24.9. The van der Waals surface area contributed by atoms with Crippen molar-refractivity contribution in [1.82, 2.24) is 0 Å². The van der Waals surface area contributed by atoms with Gasteiger partial charge >= 0.3 is 7.82 Å². The smallest absolute Gasteiger partial charge is 0.382 e. The van der Waals surface area contributed by atoms with Crippen LogP contribution in [0, 0.1) is 0 Å². The lowest BCUT2D eigenvalue weighted by Gasteiger charge is -2.10. The Morgan fingerprint density at radius 3 is 2.38 bits per heavy atom. The molecule has 5 nitrogen and oxygen atoms in total. The monoisotopic (exact) mass is 212 g/mol. The second-order valence-corrected chi connectivity index (χ2v) is 3.93. The van der Waals surface area contributed by atoms with Crippen LogP contribution in [0.15, 0.2) is 0 Å². The Morgan fingerprint density at radius 1 is 1.23 bits per heavy atom. The Hall–Kier alpha value is 0.0700. The second kappa shape index (κ2) is 7.47. The Kier molecular flexibility index (Phi) is 7.51. The van der Waals surface area contributed by atoms with Gasteiger partial charge in [0.2, 0.25) is 0 Å². The van der Waals surface area contributed by atoms with E-state index < -0.39 is 7.82 Å². The summed E-state index contributed by atoms with van der Waals surface area (Å²) in [5.41, 5.74) is 0. The van der Waals surface area contributed by atoms with Gasteiger partial charge in [-0.3, -0.25) is 9.05 Å². The van der Waals surface area contributed by atoms with E-state index in [4.69, 9.17) is 4.89 Å². The van der Waals surface area contributed by atoms with Gasteiger partial charge in [0, 0.05) is 7.11 Å². The first-order chi connectivity index (χ1) is 6.12. The largest absolute Gasteiger partial charge is 0.472 e. The molecular weight excluding hydrogens is 195 g/mol. The van der Waals surface area contributed by atoms with E-state index in [1.54, 1.807) is 0 Å². The van der Waals surface area contributed by atoms with Gasteiger partial charge in [-0.1, -0.05) is 13.3 Å². The molecule has 0 bridgehead atoms. The van der Waals surface area contributed by atoms with Crippen LogP contribution in [0.5, 0.6) is 0 Å². The third-order valence-electron chi connectivity index (χ3n) is 1.29. The van der Waals surface area contributed by atoms with Crippen LogP contribution in [0.25, 0.3) is 0 Å². The summed E-state index contributed by atoms with van der Waals surface area (Å²) in [4.78, 5) is 9.02. The highest BCUT2D eigenvalue weighted by atomic mass is 31.2. The van der Waals surface area contributed by atoms with Crippen molar-refractivity contribution in [2.24, 2.45) is 0 Å². The first kappa shape index (κ1) is 13.1. The fraction of sp³-hybridized carbons (Fsp3) is 1.00. The van der Waals surface area contributed by atoms with Gasteiger partial charge in [-0.25, -0.2) is 4.57 Å². The molecule has 1 N–H and O–H groups in total. The zero-order valence-electron chi connectivity index (χ0n) is 8.06. The van der Waals surface area contributed by atoms with E-state index in [9.17, 15) is 4.57 Å². The predicted octanol–water partition coefficient (Wildman–Crippen LogP) is 1.57. The minimum atomic E-state index is -3.83. The van der Waals surface area contributed by atoms with Crippen LogP contribution < -0.4 is 0 Å². The molecule has 13 heavy (non-hydrogen) atoms. The van der Waals surface area contributed by atoms with E-state index in [1.165, 1.54) is 7.11 Å². The maximum Gasteiger partial charge on any atom is 0.472 e. The zero-order chi connectivity index (χ0) is 10.2. The summed E-state index contributed by atoms with van der Waals surface area (Å²) in [6.45, 7) is 2.56. The molecule has 0 spiro atoms. The van der Waals surface area contributed by atoms with Gasteiger partial charge in [0.05, 0.1) is 19.8 Å². The van der Waals surface area contributed by atoms with Crippen molar-refractivity contribution in [3.8, 4) is 0 Å². The molecule has 0 aromatic heterocycles. The topological polar surface area (TPSA) is 65.0 Å². The van der Waals surface area contributed by atoms with Gasteiger partial charge < -0.3 is 9.63 Å². The summed E-state index contributed by atoms with van der Waals surface area (Å²) >= 11 is 0. The van der Waals surface area contributed by atoms with Crippen molar-refractivity contribution in [3.05, 3.63) is 0 Å². The third-order valence-corrected chi connectivity index (χ3v) is 2.31. The number of hydrogen-bond donors (Lipinski definition) is 1. The number of hydrogen-bond acceptors (Lipinski definition) is 4. The molecule has 1 unspecified atom stereocenters. The van der Waals surface area contributed by atoms with Crippen LogP contribution in [0.4, 0.5) is 0 Å². The summed E-state index contributed by atoms with van der Waals surface area (Å²) in [5.74, 6) is 0. The lowest BCUT2D eigenvalue weighted by molar-refractivity contribution is 0.102. The van der Waals surface area contributed by atoms with Crippen LogP contribution in [0.2, 0.25) is 0 Å². The minimum Gasteiger partial charge on any atom is -0.382 e. The SMILES string of the molecule is CCCCOP(=O)(O)OCCOC. The van der Waals surface area contributed by atoms with E-state index in [2.05, 4.69) is 13.8 Å². The number of unbranched alkanes of at least 4 members (excludes halogenated alkanes) is 1. The lowest BCUT2D eigenvalue weighted by atomic mass is 10.4. The summed E-state index contributed by atoms with van der Waals surface area (Å²) in [7, 11) is -2.34. The van der Waals surface area contributed by atoms with E-state index in [-0.39, 0.29) is 19.8 Å². The molecule has 0 aromatic carbocycles. The molecule has 0 rings (SSSR count). The molecule has 1 atom stereocenters. The maximum atomic E-state index is 11.0. The standard InChI is InChI=1S/C7H17O5P/c1-3-4-5-11-13(8,9)12-7-6-10-2/h3-7H2,1-2H3,(H,8,9). The predicted molar refractivity (Wildman–Crippen MR) is 48.5 cm³/mol. The molecule has 0 aromatic rings. The summed E-state index contributed by atoms with van der Waals surface area (Å²) in [5, 5.41) is 0. The fourth-order valence-corrected chi connectivity index (χ4v) is 1.34. The van der Waals surface area contributed by atoms with Crippen LogP contribution in [0.1, 0.15) is 19.8 Å². The highest BCUT2D eigenvalue weighted by Gasteiger charge is 2.19. The Labute approximate surface area is 78.6 Å². The van der Waals surface area contributed by atoms with Crippen LogP contribution in [0.3, 0.4) is 0 Å². The first-order valence-corrected chi connectivity index (χ1v) is 5.72. The molecule has 0 radical (unpaired) electrons. The van der Waals surface area contributed by atoms with E-state index in [0.717, 1.165) is 12.8 Å². The Balaban J connectivity index is 3.49. The van der Waals surface area contributed by atoms with Crippen molar-refractivity contribution in [2.45, 2.75) is 19.8 Å². The molecule has 80 valence electrons. The molecule has 0 aliphatic carbocycles. The van der Waals surface area contributed by atoms with Gasteiger partial charge in [-0.05, 0) is 6.42 Å². The zero-order valence-corrected chi connectivity index (χ0v) is 8.96. The highest BCUT2D eigenvalue weighted by Crippen LogP contribution is 2.42. The fourth-order valence-electron chi connectivity index (χ4n) is 0.597. The number of phosphoric ester groups is 1. The van der Waals surface area contributed by atoms with Gasteiger partial charge in [0.15, 0.2) is 0 Å². The summed E-state index contributed by atoms with van der Waals surface area (Å²) in [6, 6.07) is 0. The van der Waals surface area contributed by atoms with E-state index in [1.807, 2.05) is 6.92 Å². The van der Waals surface area contributed by atoms with Crippen molar-refractivity contribution >= 4 is 7.82 Å². The van der Waals surface area contributed by atoms with Crippen molar-refractivity contribution in [3.63, 3.8) is 0 Å². The van der Waals surface area contributed by atoms with Gasteiger partial charge in [0.1, 0.15) is 0 Å². The Morgan fingerprint density at radius 2 is 1.85 bits per heavy atom. The van der Waals surface area contributed by atoms with E-state index in [0.29, 0.717) is 0 Å². The number of rotatable bonds is 8. The van der Waals surface area contributed by atoms with E-state index >= 15 is 0 Å². The highest BCUT2D eigenvalue weighted by molar-refractivity contribution is 7.47. The lowest BCUT2D eigenvalue weighted by Crippen LogP contribution is -2.02. The molecule has 0 heterocycles. The average molecular weight is 212 g/mol. The number of methoxy groups -OCH3 is 1. The van der Waals surface area contributed by atoms with Gasteiger partial charge in [-0.2, -0.15) is 0 Å². The van der Waals surface area contributed by atoms with Gasteiger partial charge in [0.25, 0.3) is 0 Å². The molecule has 0 aliphatic heterocycles. The third kappa shape index (κ3) is 8.40. The Bertz CT molecular complexity index is 147. The van der Waals surface area contributed by atoms with Crippen molar-refractivity contribution in [1.29, 1.82) is 0 Å². The molecule has 0 fully saturated rings. The van der Waals surface area contributed by atoms with Crippen LogP contribution >= 0.6 is 7.82 Å². The number of phosphoric acid groups is 1. The van der Waals surface area contributed by atoms with Crippen molar-refractivity contribution < 1.29 is 23.2 Å². The molecule has 0 aliphatic rings. The quantitative estimate of drug-likeness (QED) is 0.488. The van der Waals surface area contributed by atoms with Crippen molar-refractivity contribution in [2.75, 3.05) is 26.9 Å². The second-order valence-electron chi connectivity index (χ2n) is 2.48. The molecular formula is C7H17O5P. The number of ether oxygens (including phenoxy) is 1.